The standard InChI is InChI=1S/C19H21NO3/c1-13-9-14(2)11-17(10-13)18(21)15(3)20-19(22)23-12-16-7-5-4-6-8-16/h4-11,15H,12H2,1-3H3,(H,20,22)/t15-/m0/s1. The van der Waals surface area contributed by atoms with Gasteiger partial charge in [-0.1, -0.05) is 47.5 Å². The van der Waals surface area contributed by atoms with Crippen molar-refractivity contribution in [2.45, 2.75) is 33.4 Å². The van der Waals surface area contributed by atoms with Gasteiger partial charge in [-0.25, -0.2) is 4.79 Å². The van der Waals surface area contributed by atoms with Gasteiger partial charge in [0.15, 0.2) is 5.78 Å². The Labute approximate surface area is 136 Å². The minimum atomic E-state index is -0.639. The Morgan fingerprint density at radius 2 is 1.65 bits per heavy atom. The van der Waals surface area contributed by atoms with Crippen molar-refractivity contribution in [2.24, 2.45) is 0 Å². The van der Waals surface area contributed by atoms with Crippen molar-refractivity contribution in [3.8, 4) is 0 Å². The molecule has 1 atom stereocenters. The molecule has 0 aromatic heterocycles. The quantitative estimate of drug-likeness (QED) is 0.854. The van der Waals surface area contributed by atoms with E-state index in [-0.39, 0.29) is 12.4 Å². The van der Waals surface area contributed by atoms with Crippen molar-refractivity contribution in [1.29, 1.82) is 0 Å². The molecule has 0 bridgehead atoms. The number of rotatable bonds is 5. The normalized spacial score (nSPS) is 11.6. The molecule has 0 radical (unpaired) electrons. The van der Waals surface area contributed by atoms with Gasteiger partial charge in [0, 0.05) is 5.56 Å². The molecule has 2 rings (SSSR count). The highest BCUT2D eigenvalue weighted by Gasteiger charge is 2.18. The van der Waals surface area contributed by atoms with Gasteiger partial charge in [-0.2, -0.15) is 0 Å². The fourth-order valence-electron chi connectivity index (χ4n) is 2.37. The largest absolute Gasteiger partial charge is 0.445 e. The zero-order chi connectivity index (χ0) is 16.8. The highest BCUT2D eigenvalue weighted by molar-refractivity contribution is 6.01. The van der Waals surface area contributed by atoms with Crippen LogP contribution in [0.3, 0.4) is 0 Å². The number of ether oxygens (including phenoxy) is 1. The summed E-state index contributed by atoms with van der Waals surface area (Å²) < 4.78 is 5.13. The number of amides is 1. The first-order valence-electron chi connectivity index (χ1n) is 7.55. The lowest BCUT2D eigenvalue weighted by Crippen LogP contribution is -2.38. The molecule has 0 fully saturated rings. The number of alkyl carbamates (subject to hydrolysis) is 1. The van der Waals surface area contributed by atoms with Gasteiger partial charge in [-0.05, 0) is 38.5 Å². The van der Waals surface area contributed by atoms with Crippen molar-refractivity contribution in [2.75, 3.05) is 0 Å². The Bertz CT molecular complexity index is 675. The summed E-state index contributed by atoms with van der Waals surface area (Å²) >= 11 is 0. The Kier molecular flexibility index (Phi) is 5.52. The average molecular weight is 311 g/mol. The Balaban J connectivity index is 1.91. The van der Waals surface area contributed by atoms with Crippen LogP contribution in [0.25, 0.3) is 0 Å². The number of ketones is 1. The van der Waals surface area contributed by atoms with Crippen LogP contribution in [0.1, 0.15) is 34.0 Å². The van der Waals surface area contributed by atoms with E-state index in [9.17, 15) is 9.59 Å². The topological polar surface area (TPSA) is 55.4 Å². The van der Waals surface area contributed by atoms with Crippen molar-refractivity contribution >= 4 is 11.9 Å². The van der Waals surface area contributed by atoms with Crippen LogP contribution in [0.4, 0.5) is 4.79 Å². The second-order valence-corrected chi connectivity index (χ2v) is 5.67. The number of aryl methyl sites for hydroxylation is 2. The van der Waals surface area contributed by atoms with Crippen LogP contribution in [-0.4, -0.2) is 17.9 Å². The minimum absolute atomic E-state index is 0.131. The highest BCUT2D eigenvalue weighted by atomic mass is 16.5. The molecule has 0 unspecified atom stereocenters. The van der Waals surface area contributed by atoms with Gasteiger partial charge < -0.3 is 10.1 Å². The summed E-state index contributed by atoms with van der Waals surface area (Å²) in [6, 6.07) is 14.4. The summed E-state index contributed by atoms with van der Waals surface area (Å²) in [7, 11) is 0. The van der Waals surface area contributed by atoms with Crippen molar-refractivity contribution in [3.05, 3.63) is 70.8 Å². The maximum Gasteiger partial charge on any atom is 0.408 e. The predicted molar refractivity (Wildman–Crippen MR) is 89.5 cm³/mol. The zero-order valence-corrected chi connectivity index (χ0v) is 13.6. The lowest BCUT2D eigenvalue weighted by Gasteiger charge is -2.14. The number of Topliss-reactive ketones (excluding diaryl/α,β-unsaturated/α-hetero) is 1. The third-order valence-electron chi connectivity index (χ3n) is 3.45. The molecular formula is C19H21NO3. The molecule has 120 valence electrons. The summed E-state index contributed by atoms with van der Waals surface area (Å²) in [6.45, 7) is 5.72. The highest BCUT2D eigenvalue weighted by Crippen LogP contribution is 2.11. The third-order valence-corrected chi connectivity index (χ3v) is 3.45. The van der Waals surface area contributed by atoms with E-state index in [0.717, 1.165) is 16.7 Å². The molecular weight excluding hydrogens is 290 g/mol. The van der Waals surface area contributed by atoms with E-state index >= 15 is 0 Å². The van der Waals surface area contributed by atoms with E-state index in [0.29, 0.717) is 5.56 Å². The fraction of sp³-hybridized carbons (Fsp3) is 0.263. The van der Waals surface area contributed by atoms with Crippen LogP contribution in [0.2, 0.25) is 0 Å². The van der Waals surface area contributed by atoms with Gasteiger partial charge in [0.05, 0.1) is 6.04 Å². The summed E-state index contributed by atoms with van der Waals surface area (Å²) in [5.74, 6) is -0.131. The first-order chi connectivity index (χ1) is 11.0. The van der Waals surface area contributed by atoms with E-state index in [1.165, 1.54) is 0 Å². The monoisotopic (exact) mass is 311 g/mol. The van der Waals surface area contributed by atoms with Crippen molar-refractivity contribution < 1.29 is 14.3 Å². The van der Waals surface area contributed by atoms with E-state index in [1.807, 2.05) is 62.4 Å². The van der Waals surface area contributed by atoms with Crippen LogP contribution >= 0.6 is 0 Å². The second-order valence-electron chi connectivity index (χ2n) is 5.67. The van der Waals surface area contributed by atoms with Gasteiger partial charge >= 0.3 is 6.09 Å². The number of benzene rings is 2. The van der Waals surface area contributed by atoms with Gasteiger partial charge in [-0.3, -0.25) is 4.79 Å². The van der Waals surface area contributed by atoms with Gasteiger partial charge in [0.25, 0.3) is 0 Å². The molecule has 0 saturated carbocycles. The lowest BCUT2D eigenvalue weighted by molar-refractivity contribution is 0.0926. The van der Waals surface area contributed by atoms with Crippen LogP contribution < -0.4 is 5.32 Å². The van der Waals surface area contributed by atoms with Crippen LogP contribution in [-0.2, 0) is 11.3 Å². The molecule has 0 aliphatic carbocycles. The fourth-order valence-corrected chi connectivity index (χ4v) is 2.37. The number of hydrogen-bond acceptors (Lipinski definition) is 3. The lowest BCUT2D eigenvalue weighted by atomic mass is 10.0. The maximum atomic E-state index is 12.4. The molecule has 1 N–H and O–H groups in total. The van der Waals surface area contributed by atoms with E-state index < -0.39 is 12.1 Å². The van der Waals surface area contributed by atoms with Crippen molar-refractivity contribution in [3.63, 3.8) is 0 Å². The SMILES string of the molecule is Cc1cc(C)cc(C(=O)[C@H](C)NC(=O)OCc2ccccc2)c1. The summed E-state index contributed by atoms with van der Waals surface area (Å²) in [5, 5.41) is 2.58. The number of nitrogens with one attached hydrogen (secondary N) is 1. The van der Waals surface area contributed by atoms with E-state index in [2.05, 4.69) is 5.32 Å². The van der Waals surface area contributed by atoms with E-state index in [1.54, 1.807) is 6.92 Å². The number of carbonyl (C=O) groups is 2. The van der Waals surface area contributed by atoms with E-state index in [4.69, 9.17) is 4.74 Å². The average Bonchev–Trinajstić information content (AvgIpc) is 2.52. The molecule has 4 nitrogen and oxygen atoms in total. The molecule has 2 aromatic carbocycles. The molecule has 0 saturated heterocycles. The summed E-state index contributed by atoms with van der Waals surface area (Å²) in [6.07, 6.45) is -0.598. The molecule has 23 heavy (non-hydrogen) atoms. The van der Waals surface area contributed by atoms with Gasteiger partial charge in [0.1, 0.15) is 6.61 Å². The number of hydrogen-bond donors (Lipinski definition) is 1. The zero-order valence-electron chi connectivity index (χ0n) is 13.6. The third kappa shape index (κ3) is 4.95. The molecule has 4 heteroatoms. The molecule has 0 heterocycles. The predicted octanol–water partition coefficient (Wildman–Crippen LogP) is 3.80. The minimum Gasteiger partial charge on any atom is -0.445 e. The molecule has 2 aromatic rings. The summed E-state index contributed by atoms with van der Waals surface area (Å²) in [4.78, 5) is 24.2. The molecule has 0 aliphatic heterocycles. The van der Waals surface area contributed by atoms with Gasteiger partial charge in [0.2, 0.25) is 0 Å². The van der Waals surface area contributed by atoms with Crippen LogP contribution in [0, 0.1) is 13.8 Å². The Hall–Kier alpha value is -2.62. The summed E-state index contributed by atoms with van der Waals surface area (Å²) in [5.41, 5.74) is 3.54. The Morgan fingerprint density at radius 3 is 2.26 bits per heavy atom. The molecule has 0 spiro atoms. The smallest absolute Gasteiger partial charge is 0.408 e. The second kappa shape index (κ2) is 7.58. The first-order valence-corrected chi connectivity index (χ1v) is 7.55. The molecule has 1 amide bonds. The Morgan fingerprint density at radius 1 is 1.04 bits per heavy atom. The van der Waals surface area contributed by atoms with Crippen LogP contribution in [0.5, 0.6) is 0 Å². The first kappa shape index (κ1) is 16.7. The number of carbonyl (C=O) groups excluding carboxylic acids is 2. The molecule has 0 aliphatic rings. The maximum absolute atomic E-state index is 12.4. The van der Waals surface area contributed by atoms with Gasteiger partial charge in [-0.15, -0.1) is 0 Å². The van der Waals surface area contributed by atoms with Crippen molar-refractivity contribution in [1.82, 2.24) is 5.32 Å². The van der Waals surface area contributed by atoms with Crippen LogP contribution in [0.15, 0.2) is 48.5 Å².